The van der Waals surface area contributed by atoms with Crippen molar-refractivity contribution in [2.75, 3.05) is 0 Å². The molecule has 0 N–H and O–H groups in total. The van der Waals surface area contributed by atoms with E-state index in [0.29, 0.717) is 40.1 Å². The molecule has 0 atom stereocenters. The fourth-order valence-corrected chi connectivity index (χ4v) is 9.04. The van der Waals surface area contributed by atoms with E-state index in [1.165, 1.54) is 0 Å². The fraction of sp³-hybridized carbons (Fsp3) is 0. The summed E-state index contributed by atoms with van der Waals surface area (Å²) in [5, 5.41) is 3.76. The average Bonchev–Trinajstić information content (AvgIpc) is 3.93. The Morgan fingerprint density at radius 3 is 1.59 bits per heavy atom. The molecule has 0 unspecified atom stereocenters. The lowest BCUT2D eigenvalue weighted by molar-refractivity contribution is 0.953. The second-order valence-electron chi connectivity index (χ2n) is 15.5. The third-order valence-corrected chi connectivity index (χ3v) is 11.9. The molecule has 6 heteroatoms. The van der Waals surface area contributed by atoms with Crippen molar-refractivity contribution in [2.24, 2.45) is 0 Å². The van der Waals surface area contributed by atoms with Gasteiger partial charge in [-0.25, -0.2) is 9.83 Å². The smallest absolute Gasteiger partial charge is 0.238 e. The Kier molecular flexibility index (Phi) is 7.58. The molecule has 64 heavy (non-hydrogen) atoms. The van der Waals surface area contributed by atoms with Gasteiger partial charge in [0.1, 0.15) is 0 Å². The molecule has 0 bridgehead atoms. The molecule has 0 spiro atoms. The van der Waals surface area contributed by atoms with Crippen LogP contribution in [-0.4, -0.2) is 24.1 Å². The Hall–Kier alpha value is -8.92. The summed E-state index contributed by atoms with van der Waals surface area (Å²) in [6.45, 7) is 7.83. The second kappa shape index (κ2) is 15.2. The topological polar surface area (TPSA) is 52.9 Å². The second-order valence-corrected chi connectivity index (χ2v) is 15.5. The quantitative estimate of drug-likeness (QED) is 0.151. The minimum atomic E-state index is -0.457. The van der Waals surface area contributed by atoms with E-state index in [-0.39, 0.29) is 17.6 Å². The van der Waals surface area contributed by atoms with Gasteiger partial charge < -0.3 is 4.57 Å². The molecule has 9 aromatic carbocycles. The van der Waals surface area contributed by atoms with Crippen molar-refractivity contribution in [1.82, 2.24) is 24.1 Å². The van der Waals surface area contributed by atoms with Crippen molar-refractivity contribution >= 4 is 49.3 Å². The van der Waals surface area contributed by atoms with E-state index in [1.807, 2.05) is 115 Å². The van der Waals surface area contributed by atoms with Gasteiger partial charge in [0, 0.05) is 43.8 Å². The molecular weight excluding hydrogens is 781 g/mol. The molecule has 0 amide bonds. The Labute approximate surface area is 376 Å². The maximum atomic E-state index is 9.29. The third-order valence-electron chi connectivity index (χ3n) is 11.9. The number of fused-ring (bicyclic) bond motifs is 7. The van der Waals surface area contributed by atoms with Crippen molar-refractivity contribution in [1.29, 1.82) is 0 Å². The third kappa shape index (κ3) is 6.06. The highest BCUT2D eigenvalue weighted by atomic mass is 15.2. The van der Waals surface area contributed by atoms with Crippen molar-refractivity contribution in [2.45, 2.75) is 0 Å². The fourth-order valence-electron chi connectivity index (χ4n) is 9.04. The molecule has 298 valence electrons. The Balaban J connectivity index is 1.23. The average molecular weight is 822 g/mol. The van der Waals surface area contributed by atoms with Gasteiger partial charge in [0.2, 0.25) is 5.95 Å². The van der Waals surface area contributed by atoms with E-state index >= 15 is 0 Å². The predicted octanol–water partition coefficient (Wildman–Crippen LogP) is 15.0. The first-order chi connectivity index (χ1) is 33.8. The van der Waals surface area contributed by atoms with E-state index in [0.717, 1.165) is 71.4 Å². The Morgan fingerprint density at radius 1 is 0.406 bits per heavy atom. The van der Waals surface area contributed by atoms with Crippen LogP contribution < -0.4 is 0 Å². The van der Waals surface area contributed by atoms with Crippen molar-refractivity contribution < 1.29 is 6.85 Å². The summed E-state index contributed by atoms with van der Waals surface area (Å²) in [4.78, 5) is 19.4. The monoisotopic (exact) mass is 821 g/mol. The van der Waals surface area contributed by atoms with Crippen LogP contribution in [0.15, 0.2) is 218 Å². The first-order valence-corrected chi connectivity index (χ1v) is 20.9. The Bertz CT molecular complexity index is 4050. The molecule has 0 fully saturated rings. The van der Waals surface area contributed by atoms with E-state index < -0.39 is 18.1 Å². The van der Waals surface area contributed by atoms with E-state index in [1.54, 1.807) is 12.1 Å². The van der Waals surface area contributed by atoms with Gasteiger partial charge in [-0.15, -0.1) is 0 Å². The van der Waals surface area contributed by atoms with Crippen molar-refractivity contribution in [3.63, 3.8) is 0 Å². The summed E-state index contributed by atoms with van der Waals surface area (Å²) in [6, 6.07) is 60.0. The van der Waals surface area contributed by atoms with Crippen LogP contribution in [0, 0.1) is 6.57 Å². The zero-order valence-electron chi connectivity index (χ0n) is 39.1. The number of para-hydroxylation sites is 3. The maximum absolute atomic E-state index is 9.29. The van der Waals surface area contributed by atoms with Crippen molar-refractivity contribution in [3.05, 3.63) is 230 Å². The van der Waals surface area contributed by atoms with Crippen LogP contribution in [0.1, 0.15) is 6.85 Å². The van der Waals surface area contributed by atoms with E-state index in [2.05, 4.69) is 74.6 Å². The molecule has 6 nitrogen and oxygen atoms in total. The number of hydrogen-bond donors (Lipinski definition) is 0. The standard InChI is InChI=1S/C58H36N6/c1-59-44-24-15-23-43(37-44)57-60-56(42-33-31-39(32-34-42)38-17-5-2-6-18-38)61-58(62-57)64-52-30-14-12-26-48(52)50-36-35-49-47-25-11-13-29-51(47)63(54(49)55(50)64)53-45(40-19-7-3-8-20-40)27-16-28-46(53)41-21-9-4-10-22-41/h2-37H/i3D,7D,8D,19D,20D. The Morgan fingerprint density at radius 2 is 0.922 bits per heavy atom. The van der Waals surface area contributed by atoms with Gasteiger partial charge >= 0.3 is 0 Å². The minimum absolute atomic E-state index is 0.0964. The molecule has 0 saturated carbocycles. The maximum Gasteiger partial charge on any atom is 0.238 e. The molecule has 0 aliphatic carbocycles. The number of nitrogens with zero attached hydrogens (tertiary/aromatic N) is 6. The van der Waals surface area contributed by atoms with Crippen LogP contribution in [0.2, 0.25) is 0 Å². The zero-order chi connectivity index (χ0) is 46.9. The molecule has 3 aromatic heterocycles. The van der Waals surface area contributed by atoms with Crippen LogP contribution in [0.25, 0.3) is 116 Å². The van der Waals surface area contributed by atoms with Crippen LogP contribution in [0.3, 0.4) is 0 Å². The van der Waals surface area contributed by atoms with Crippen LogP contribution in [-0.2, 0) is 0 Å². The van der Waals surface area contributed by atoms with Gasteiger partial charge in [-0.05, 0) is 40.5 Å². The summed E-state index contributed by atoms with van der Waals surface area (Å²) in [7, 11) is 0. The predicted molar refractivity (Wildman–Crippen MR) is 262 cm³/mol. The molecule has 0 saturated heterocycles. The summed E-state index contributed by atoms with van der Waals surface area (Å²) in [5.41, 5.74) is 10.2. The molecule has 0 radical (unpaired) electrons. The number of hydrogen-bond acceptors (Lipinski definition) is 3. The normalized spacial score (nSPS) is 12.5. The van der Waals surface area contributed by atoms with Crippen molar-refractivity contribution in [3.8, 4) is 67.8 Å². The molecule has 3 heterocycles. The summed E-state index contributed by atoms with van der Waals surface area (Å²) < 4.78 is 48.9. The molecular formula is C58H36N6. The number of rotatable bonds is 7. The van der Waals surface area contributed by atoms with E-state index in [9.17, 15) is 2.74 Å². The lowest BCUT2D eigenvalue weighted by Crippen LogP contribution is -2.07. The number of benzene rings is 9. The highest BCUT2D eigenvalue weighted by Crippen LogP contribution is 2.45. The zero-order valence-corrected chi connectivity index (χ0v) is 34.1. The molecule has 0 aliphatic rings. The molecule has 12 rings (SSSR count). The lowest BCUT2D eigenvalue weighted by Gasteiger charge is -2.20. The summed E-state index contributed by atoms with van der Waals surface area (Å²) >= 11 is 0. The van der Waals surface area contributed by atoms with Crippen LogP contribution >= 0.6 is 0 Å². The highest BCUT2D eigenvalue weighted by molar-refractivity contribution is 6.24. The van der Waals surface area contributed by atoms with Crippen LogP contribution in [0.5, 0.6) is 0 Å². The SMILES string of the molecule is [2H]c1c([2H])c([2H])c(-c2cccc(-c3ccccc3)c2-n2c3ccccc3c3ccc4c5ccccc5n(-c5nc(-c6ccc(-c7ccccc7)cc6)nc(-c6cccc([N+]#[C-])c6)n5)c4c32)c([2H])c1[2H]. The lowest BCUT2D eigenvalue weighted by atomic mass is 9.95. The first kappa shape index (κ1) is 31.9. The van der Waals surface area contributed by atoms with Crippen LogP contribution in [0.4, 0.5) is 5.69 Å². The van der Waals surface area contributed by atoms with E-state index in [4.69, 9.17) is 25.6 Å². The first-order valence-electron chi connectivity index (χ1n) is 23.4. The minimum Gasteiger partial charge on any atom is -0.306 e. The summed E-state index contributed by atoms with van der Waals surface area (Å²) in [5.74, 6) is 1.19. The molecule has 0 aliphatic heterocycles. The van der Waals surface area contributed by atoms with Gasteiger partial charge in [-0.2, -0.15) is 9.97 Å². The largest absolute Gasteiger partial charge is 0.306 e. The van der Waals surface area contributed by atoms with Gasteiger partial charge in [0.05, 0.1) is 41.2 Å². The highest BCUT2D eigenvalue weighted by Gasteiger charge is 2.26. The molecule has 12 aromatic rings. The summed E-state index contributed by atoms with van der Waals surface area (Å²) in [6.07, 6.45) is 0. The number of aromatic nitrogens is 5. The van der Waals surface area contributed by atoms with Gasteiger partial charge in [-0.3, -0.25) is 4.57 Å². The van der Waals surface area contributed by atoms with Gasteiger partial charge in [0.25, 0.3) is 0 Å². The van der Waals surface area contributed by atoms with Gasteiger partial charge in [0.15, 0.2) is 17.3 Å². The van der Waals surface area contributed by atoms with Gasteiger partial charge in [-0.1, -0.05) is 200 Å².